The van der Waals surface area contributed by atoms with Crippen LogP contribution in [0.4, 0.5) is 5.82 Å². The Kier molecular flexibility index (Phi) is 5.59. The molecule has 0 aliphatic heterocycles. The predicted octanol–water partition coefficient (Wildman–Crippen LogP) is 3.03. The van der Waals surface area contributed by atoms with Crippen LogP contribution >= 0.6 is 11.8 Å². The molecule has 110 valence electrons. The van der Waals surface area contributed by atoms with Gasteiger partial charge in [0.25, 0.3) is 0 Å². The van der Waals surface area contributed by atoms with Crippen molar-refractivity contribution >= 4 is 28.4 Å². The monoisotopic (exact) mass is 302 g/mol. The lowest BCUT2D eigenvalue weighted by Gasteiger charge is -2.12. The van der Waals surface area contributed by atoms with E-state index >= 15 is 0 Å². The van der Waals surface area contributed by atoms with Gasteiger partial charge in [0.15, 0.2) is 11.5 Å². The maximum atomic E-state index is 5.35. The molecular formula is C16H18N2O2S. The van der Waals surface area contributed by atoms with Gasteiger partial charge in [-0.25, -0.2) is 4.98 Å². The molecule has 0 atom stereocenters. The number of terminal acetylenes is 1. The van der Waals surface area contributed by atoms with Crippen LogP contribution in [0.1, 0.15) is 0 Å². The van der Waals surface area contributed by atoms with E-state index in [2.05, 4.69) is 16.2 Å². The minimum absolute atomic E-state index is 0.697. The van der Waals surface area contributed by atoms with Crippen LogP contribution in [0.5, 0.6) is 11.5 Å². The van der Waals surface area contributed by atoms with Crippen LogP contribution in [0.2, 0.25) is 0 Å². The van der Waals surface area contributed by atoms with Crippen LogP contribution in [0.25, 0.3) is 10.8 Å². The van der Waals surface area contributed by atoms with Crippen molar-refractivity contribution in [1.29, 1.82) is 0 Å². The summed E-state index contributed by atoms with van der Waals surface area (Å²) in [6.07, 6.45) is 7.01. The number of hydrogen-bond donors (Lipinski definition) is 1. The number of pyridine rings is 1. The number of ether oxygens (including phenoxy) is 2. The van der Waals surface area contributed by atoms with E-state index in [9.17, 15) is 0 Å². The number of methoxy groups -OCH3 is 2. The van der Waals surface area contributed by atoms with Crippen molar-refractivity contribution < 1.29 is 9.47 Å². The third kappa shape index (κ3) is 3.73. The van der Waals surface area contributed by atoms with Gasteiger partial charge in [-0.15, -0.1) is 18.2 Å². The van der Waals surface area contributed by atoms with E-state index in [1.54, 1.807) is 32.2 Å². The third-order valence-corrected chi connectivity index (χ3v) is 3.86. The molecule has 4 nitrogen and oxygen atoms in total. The van der Waals surface area contributed by atoms with Crippen LogP contribution in [0, 0.1) is 12.3 Å². The lowest BCUT2D eigenvalue weighted by Crippen LogP contribution is -2.06. The number of hydrogen-bond acceptors (Lipinski definition) is 5. The van der Waals surface area contributed by atoms with Crippen LogP contribution in [-0.2, 0) is 0 Å². The first-order valence-electron chi connectivity index (χ1n) is 6.56. The van der Waals surface area contributed by atoms with Gasteiger partial charge in [0.2, 0.25) is 0 Å². The van der Waals surface area contributed by atoms with Gasteiger partial charge >= 0.3 is 0 Å². The second-order valence-electron chi connectivity index (χ2n) is 4.27. The zero-order chi connectivity index (χ0) is 15.1. The molecule has 0 amide bonds. The Hall–Kier alpha value is -2.06. The minimum atomic E-state index is 0.697. The highest BCUT2D eigenvalue weighted by Crippen LogP contribution is 2.34. The van der Waals surface area contributed by atoms with Crippen molar-refractivity contribution in [1.82, 2.24) is 4.98 Å². The zero-order valence-corrected chi connectivity index (χ0v) is 13.0. The fourth-order valence-electron chi connectivity index (χ4n) is 2.01. The summed E-state index contributed by atoms with van der Waals surface area (Å²) in [5.41, 5.74) is 0. The fourth-order valence-corrected chi connectivity index (χ4v) is 2.52. The first-order valence-corrected chi connectivity index (χ1v) is 7.71. The average molecular weight is 302 g/mol. The number of fused-ring (bicyclic) bond motifs is 1. The fraction of sp³-hybridized carbons (Fsp3) is 0.312. The molecule has 0 saturated carbocycles. The normalized spacial score (nSPS) is 10.1. The largest absolute Gasteiger partial charge is 0.493 e. The molecule has 0 radical (unpaired) electrons. The molecule has 1 N–H and O–H groups in total. The maximum absolute atomic E-state index is 5.35. The molecule has 2 rings (SSSR count). The van der Waals surface area contributed by atoms with Crippen LogP contribution in [-0.4, -0.2) is 37.3 Å². The molecule has 1 aromatic heterocycles. The Bertz CT molecular complexity index is 653. The number of anilines is 1. The van der Waals surface area contributed by atoms with Gasteiger partial charge in [0.1, 0.15) is 5.82 Å². The highest BCUT2D eigenvalue weighted by molar-refractivity contribution is 7.99. The van der Waals surface area contributed by atoms with Gasteiger partial charge in [-0.3, -0.25) is 0 Å². The van der Waals surface area contributed by atoms with Gasteiger partial charge in [0, 0.05) is 23.9 Å². The van der Waals surface area contributed by atoms with Crippen LogP contribution < -0.4 is 14.8 Å². The Morgan fingerprint density at radius 2 is 2.05 bits per heavy atom. The molecule has 1 aromatic carbocycles. The van der Waals surface area contributed by atoms with Gasteiger partial charge in [-0.05, 0) is 23.6 Å². The molecule has 5 heteroatoms. The number of rotatable bonds is 7. The Morgan fingerprint density at radius 3 is 2.76 bits per heavy atom. The second kappa shape index (κ2) is 7.65. The summed E-state index contributed by atoms with van der Waals surface area (Å²) >= 11 is 1.72. The topological polar surface area (TPSA) is 43.4 Å². The van der Waals surface area contributed by atoms with Gasteiger partial charge in [-0.2, -0.15) is 0 Å². The lowest BCUT2D eigenvalue weighted by atomic mass is 10.1. The standard InChI is InChI=1S/C16H18N2O2S/c1-4-8-21-9-7-18-16-13-11-15(20-3)14(19-2)10-12(13)5-6-17-16/h1,5-6,10-11H,7-9H2,2-3H3,(H,17,18). The number of nitrogens with zero attached hydrogens (tertiary/aromatic N) is 1. The molecule has 2 aromatic rings. The average Bonchev–Trinajstić information content (AvgIpc) is 2.53. The van der Waals surface area contributed by atoms with Crippen LogP contribution in [0.15, 0.2) is 24.4 Å². The summed E-state index contributed by atoms with van der Waals surface area (Å²) in [7, 11) is 3.26. The highest BCUT2D eigenvalue weighted by atomic mass is 32.2. The first kappa shape index (κ1) is 15.3. The molecule has 0 spiro atoms. The summed E-state index contributed by atoms with van der Waals surface area (Å²) in [5, 5.41) is 5.41. The van der Waals surface area contributed by atoms with E-state index < -0.39 is 0 Å². The molecule has 21 heavy (non-hydrogen) atoms. The molecule has 0 aliphatic rings. The van der Waals surface area contributed by atoms with E-state index in [1.807, 2.05) is 18.2 Å². The van der Waals surface area contributed by atoms with E-state index in [4.69, 9.17) is 15.9 Å². The molecule has 0 aliphatic carbocycles. The minimum Gasteiger partial charge on any atom is -0.493 e. The number of aromatic nitrogens is 1. The quantitative estimate of drug-likeness (QED) is 0.629. The molecule has 0 bridgehead atoms. The van der Waals surface area contributed by atoms with Crippen molar-refractivity contribution in [3.05, 3.63) is 24.4 Å². The highest BCUT2D eigenvalue weighted by Gasteiger charge is 2.09. The summed E-state index contributed by atoms with van der Waals surface area (Å²) in [4.78, 5) is 4.40. The van der Waals surface area contributed by atoms with Gasteiger partial charge in [0.05, 0.1) is 20.0 Å². The number of thioether (sulfide) groups is 1. The maximum Gasteiger partial charge on any atom is 0.161 e. The summed E-state index contributed by atoms with van der Waals surface area (Å²) < 4.78 is 10.7. The molecule has 0 saturated heterocycles. The third-order valence-electron chi connectivity index (χ3n) is 2.99. The molecular weight excluding hydrogens is 284 g/mol. The Morgan fingerprint density at radius 1 is 1.29 bits per heavy atom. The SMILES string of the molecule is C#CCSCCNc1nccc2cc(OC)c(OC)cc12. The van der Waals surface area contributed by atoms with Crippen molar-refractivity contribution in [3.8, 4) is 23.8 Å². The van der Waals surface area contributed by atoms with Gasteiger partial charge in [-0.1, -0.05) is 5.92 Å². The van der Waals surface area contributed by atoms with Gasteiger partial charge < -0.3 is 14.8 Å². The van der Waals surface area contributed by atoms with Crippen molar-refractivity contribution in [2.24, 2.45) is 0 Å². The second-order valence-corrected chi connectivity index (χ2v) is 5.38. The first-order chi connectivity index (χ1) is 10.3. The van der Waals surface area contributed by atoms with Crippen molar-refractivity contribution in [3.63, 3.8) is 0 Å². The summed E-state index contributed by atoms with van der Waals surface area (Å²) in [5.74, 6) is 6.54. The predicted molar refractivity (Wildman–Crippen MR) is 89.5 cm³/mol. The Labute approximate surface area is 129 Å². The zero-order valence-electron chi connectivity index (χ0n) is 12.2. The summed E-state index contributed by atoms with van der Waals surface area (Å²) in [6.45, 7) is 0.812. The van der Waals surface area contributed by atoms with E-state index in [-0.39, 0.29) is 0 Å². The summed E-state index contributed by atoms with van der Waals surface area (Å²) in [6, 6.07) is 5.85. The van der Waals surface area contributed by atoms with E-state index in [1.165, 1.54) is 0 Å². The molecule has 0 fully saturated rings. The smallest absolute Gasteiger partial charge is 0.161 e. The van der Waals surface area contributed by atoms with Crippen LogP contribution in [0.3, 0.4) is 0 Å². The van der Waals surface area contributed by atoms with E-state index in [0.29, 0.717) is 11.5 Å². The molecule has 1 heterocycles. The number of benzene rings is 1. The van der Waals surface area contributed by atoms with E-state index in [0.717, 1.165) is 34.6 Å². The van der Waals surface area contributed by atoms with Crippen molar-refractivity contribution in [2.75, 3.05) is 37.6 Å². The Balaban J connectivity index is 2.22. The lowest BCUT2D eigenvalue weighted by molar-refractivity contribution is 0.356. The molecule has 0 unspecified atom stereocenters. The van der Waals surface area contributed by atoms with Crippen molar-refractivity contribution in [2.45, 2.75) is 0 Å². The number of nitrogens with one attached hydrogen (secondary N) is 1.